The molecule has 31 heavy (non-hydrogen) atoms. The molecule has 0 aliphatic carbocycles. The zero-order valence-electron chi connectivity index (χ0n) is 19.1. The zero-order valence-corrected chi connectivity index (χ0v) is 19.1. The minimum atomic E-state index is -0.449. The predicted molar refractivity (Wildman–Crippen MR) is 130 cm³/mol. The van der Waals surface area contributed by atoms with Gasteiger partial charge in [0.1, 0.15) is 0 Å². The van der Waals surface area contributed by atoms with E-state index in [4.69, 9.17) is 5.73 Å². The fraction of sp³-hybridized carbons (Fsp3) is 0.370. The molecule has 4 heteroatoms. The van der Waals surface area contributed by atoms with Gasteiger partial charge in [-0.1, -0.05) is 43.9 Å². The van der Waals surface area contributed by atoms with Crippen LogP contribution in [0.1, 0.15) is 43.4 Å². The summed E-state index contributed by atoms with van der Waals surface area (Å²) in [7, 11) is 4.07. The van der Waals surface area contributed by atoms with Crippen LogP contribution in [0.15, 0.2) is 54.6 Å². The van der Waals surface area contributed by atoms with Crippen molar-refractivity contribution in [2.24, 2.45) is 11.1 Å². The van der Waals surface area contributed by atoms with Gasteiger partial charge in [-0.05, 0) is 66.9 Å². The quantitative estimate of drug-likeness (QED) is 0.722. The third-order valence-electron chi connectivity index (χ3n) is 6.00. The maximum Gasteiger partial charge on any atom is 0.223 e. The van der Waals surface area contributed by atoms with Crippen molar-refractivity contribution in [2.45, 2.75) is 26.7 Å². The molecule has 2 aromatic rings. The Morgan fingerprint density at radius 1 is 1.03 bits per heavy atom. The van der Waals surface area contributed by atoms with Crippen LogP contribution in [0.2, 0.25) is 0 Å². The summed E-state index contributed by atoms with van der Waals surface area (Å²) in [5.41, 5.74) is 10.9. The van der Waals surface area contributed by atoms with Gasteiger partial charge in [0.05, 0.1) is 0 Å². The molecule has 4 nitrogen and oxygen atoms in total. The summed E-state index contributed by atoms with van der Waals surface area (Å²) in [6, 6.07) is 16.8. The molecule has 0 bridgehead atoms. The van der Waals surface area contributed by atoms with Crippen LogP contribution >= 0.6 is 0 Å². The summed E-state index contributed by atoms with van der Waals surface area (Å²) < 4.78 is 0. The topological polar surface area (TPSA) is 49.6 Å². The highest BCUT2D eigenvalue weighted by atomic mass is 16.1. The van der Waals surface area contributed by atoms with E-state index in [-0.39, 0.29) is 5.91 Å². The smallest absolute Gasteiger partial charge is 0.223 e. The minimum Gasteiger partial charge on any atom is -0.378 e. The Bertz CT molecular complexity index is 990. The van der Waals surface area contributed by atoms with Gasteiger partial charge in [-0.3, -0.25) is 9.69 Å². The first-order valence-electron chi connectivity index (χ1n) is 10.9. The van der Waals surface area contributed by atoms with Crippen molar-refractivity contribution in [3.05, 3.63) is 71.3 Å². The molecule has 0 saturated heterocycles. The van der Waals surface area contributed by atoms with Crippen molar-refractivity contribution in [2.75, 3.05) is 38.6 Å². The molecule has 0 spiro atoms. The Kier molecular flexibility index (Phi) is 7.20. The van der Waals surface area contributed by atoms with Gasteiger partial charge in [0, 0.05) is 49.4 Å². The number of amides is 1. The summed E-state index contributed by atoms with van der Waals surface area (Å²) in [6.07, 6.45) is 4.10. The summed E-state index contributed by atoms with van der Waals surface area (Å²) in [5, 5.41) is 0. The summed E-state index contributed by atoms with van der Waals surface area (Å²) >= 11 is 0. The average molecular weight is 416 g/mol. The highest BCUT2D eigenvalue weighted by molar-refractivity contribution is 5.79. The third kappa shape index (κ3) is 6.23. The van der Waals surface area contributed by atoms with E-state index in [9.17, 15) is 4.79 Å². The van der Waals surface area contributed by atoms with E-state index >= 15 is 0 Å². The van der Waals surface area contributed by atoms with Crippen molar-refractivity contribution < 1.29 is 4.79 Å². The van der Waals surface area contributed by atoms with E-state index in [2.05, 4.69) is 76.2 Å². The molecule has 1 aliphatic rings. The van der Waals surface area contributed by atoms with E-state index in [0.29, 0.717) is 0 Å². The van der Waals surface area contributed by atoms with E-state index in [1.807, 2.05) is 27.9 Å². The number of carbonyl (C=O) groups is 1. The molecule has 2 aromatic carbocycles. The van der Waals surface area contributed by atoms with Gasteiger partial charge in [0.25, 0.3) is 0 Å². The van der Waals surface area contributed by atoms with Crippen molar-refractivity contribution in [3.63, 3.8) is 0 Å². The van der Waals surface area contributed by atoms with Crippen molar-refractivity contribution in [3.8, 4) is 11.8 Å². The second-order valence-corrected chi connectivity index (χ2v) is 9.05. The number of rotatable bonds is 6. The molecule has 1 heterocycles. The van der Waals surface area contributed by atoms with Gasteiger partial charge >= 0.3 is 0 Å². The normalized spacial score (nSPS) is 14.4. The Hall–Kier alpha value is -3.03. The van der Waals surface area contributed by atoms with Crippen LogP contribution in [0.3, 0.4) is 0 Å². The van der Waals surface area contributed by atoms with E-state index in [1.165, 1.54) is 16.8 Å². The molecule has 3 rings (SSSR count). The maximum absolute atomic E-state index is 11.5. The molecule has 0 saturated carbocycles. The molecular weight excluding hydrogens is 382 g/mol. The van der Waals surface area contributed by atoms with Crippen LogP contribution in [0.25, 0.3) is 5.57 Å². The fourth-order valence-corrected chi connectivity index (χ4v) is 3.49. The first kappa shape index (κ1) is 22.7. The molecule has 1 aliphatic heterocycles. The lowest BCUT2D eigenvalue weighted by Gasteiger charge is -2.29. The van der Waals surface area contributed by atoms with Gasteiger partial charge in [0.2, 0.25) is 5.91 Å². The molecule has 0 atom stereocenters. The van der Waals surface area contributed by atoms with Crippen molar-refractivity contribution in [1.82, 2.24) is 4.90 Å². The highest BCUT2D eigenvalue weighted by Crippen LogP contribution is 2.25. The number of primary amides is 1. The average Bonchev–Trinajstić information content (AvgIpc) is 2.77. The molecule has 2 N–H and O–H groups in total. The van der Waals surface area contributed by atoms with Gasteiger partial charge in [-0.25, -0.2) is 0 Å². The molecule has 0 radical (unpaired) electrons. The Morgan fingerprint density at radius 3 is 2.10 bits per heavy atom. The number of nitrogens with zero attached hydrogens (tertiary/aromatic N) is 2. The van der Waals surface area contributed by atoms with Crippen LogP contribution in [0.4, 0.5) is 5.69 Å². The monoisotopic (exact) mass is 415 g/mol. The van der Waals surface area contributed by atoms with Crippen LogP contribution in [-0.4, -0.2) is 44.5 Å². The van der Waals surface area contributed by atoms with E-state index in [0.717, 1.165) is 43.6 Å². The summed E-state index contributed by atoms with van der Waals surface area (Å²) in [4.78, 5) is 16.0. The molecule has 0 aromatic heterocycles. The largest absolute Gasteiger partial charge is 0.378 e. The Balaban J connectivity index is 1.57. The summed E-state index contributed by atoms with van der Waals surface area (Å²) in [6.45, 7) is 6.65. The lowest BCUT2D eigenvalue weighted by atomic mass is 9.88. The van der Waals surface area contributed by atoms with Crippen LogP contribution < -0.4 is 10.6 Å². The zero-order chi connectivity index (χ0) is 22.4. The molecular formula is C27H33N3O. The second-order valence-electron chi connectivity index (χ2n) is 9.05. The van der Waals surface area contributed by atoms with Crippen molar-refractivity contribution in [1.29, 1.82) is 0 Å². The van der Waals surface area contributed by atoms with Crippen molar-refractivity contribution >= 4 is 17.2 Å². The van der Waals surface area contributed by atoms with Crippen LogP contribution in [0, 0.1) is 17.3 Å². The lowest BCUT2D eigenvalue weighted by molar-refractivity contribution is -0.126. The Labute approximate surface area is 186 Å². The minimum absolute atomic E-state index is 0.227. The first-order chi connectivity index (χ1) is 14.7. The second kappa shape index (κ2) is 9.85. The van der Waals surface area contributed by atoms with Gasteiger partial charge in [-0.15, -0.1) is 0 Å². The molecule has 162 valence electrons. The number of carbonyl (C=O) groups excluding carboxylic acids is 1. The maximum atomic E-state index is 11.5. The molecule has 1 amide bonds. The number of hydrogen-bond acceptors (Lipinski definition) is 3. The predicted octanol–water partition coefficient (Wildman–Crippen LogP) is 4.14. The van der Waals surface area contributed by atoms with Crippen LogP contribution in [-0.2, 0) is 4.79 Å². The Morgan fingerprint density at radius 2 is 1.61 bits per heavy atom. The number of hydrogen-bond donors (Lipinski definition) is 1. The lowest BCUT2D eigenvalue weighted by Crippen LogP contribution is -2.37. The highest BCUT2D eigenvalue weighted by Gasteiger charge is 2.25. The number of benzene rings is 2. The fourth-order valence-electron chi connectivity index (χ4n) is 3.49. The summed E-state index contributed by atoms with van der Waals surface area (Å²) in [5.74, 6) is 6.27. The molecule has 0 unspecified atom stereocenters. The standard InChI is InChI=1S/C27H33N3O/c1-27(2,26(28)31)17-20-30-18-15-24(16-19-30)23-11-7-21(8-12-23)5-6-22-9-13-25(14-10-22)29(3)4/h7-15H,16-20H2,1-4H3,(H2,28,31). The first-order valence-corrected chi connectivity index (χ1v) is 10.9. The molecule has 0 fully saturated rings. The van der Waals surface area contributed by atoms with Crippen LogP contribution in [0.5, 0.6) is 0 Å². The van der Waals surface area contributed by atoms with Gasteiger partial charge in [0.15, 0.2) is 0 Å². The van der Waals surface area contributed by atoms with Gasteiger partial charge in [-0.2, -0.15) is 0 Å². The van der Waals surface area contributed by atoms with Gasteiger partial charge < -0.3 is 10.6 Å². The number of anilines is 1. The van der Waals surface area contributed by atoms with E-state index < -0.39 is 5.41 Å². The SMILES string of the molecule is CN(C)c1ccc(C#Cc2ccc(C3=CCN(CCC(C)(C)C(N)=O)CC3)cc2)cc1. The van der Waals surface area contributed by atoms with E-state index in [1.54, 1.807) is 0 Å². The third-order valence-corrected chi connectivity index (χ3v) is 6.00. The number of nitrogens with two attached hydrogens (primary N) is 1.